The molecule has 3 aliphatic rings. The number of hydrogen-bond donors (Lipinski definition) is 2. The Kier molecular flexibility index (Phi) is 5.83. The van der Waals surface area contributed by atoms with E-state index in [0.29, 0.717) is 18.1 Å². The third-order valence-corrected chi connectivity index (χ3v) is 7.03. The predicted octanol–water partition coefficient (Wildman–Crippen LogP) is 0.511. The summed E-state index contributed by atoms with van der Waals surface area (Å²) in [5.74, 6) is -2.35. The second-order valence-corrected chi connectivity index (χ2v) is 8.68. The van der Waals surface area contributed by atoms with Gasteiger partial charge in [0.25, 0.3) is 0 Å². The molecule has 0 aromatic heterocycles. The Balaban J connectivity index is 1.70. The van der Waals surface area contributed by atoms with E-state index in [1.807, 2.05) is 11.8 Å². The molecule has 0 aromatic rings. The fourth-order valence-corrected chi connectivity index (χ4v) is 5.80. The number of likely N-dealkylation sites (tertiary alicyclic amines) is 1. The number of fused-ring (bicyclic) bond motifs is 1. The maximum Gasteiger partial charge on any atom is 0.353 e. The van der Waals surface area contributed by atoms with Crippen LogP contribution >= 0.6 is 11.8 Å². The van der Waals surface area contributed by atoms with E-state index in [1.54, 1.807) is 13.8 Å². The Morgan fingerprint density at radius 1 is 1.41 bits per heavy atom. The third kappa shape index (κ3) is 3.60. The Hall–Kier alpha value is -1.58. The average Bonchev–Trinajstić information content (AvgIpc) is 3.10. The molecule has 0 radical (unpaired) electrons. The number of carboxylic acid groups (broad SMARTS) is 1. The first-order chi connectivity index (χ1) is 12.8. The number of carbonyl (C=O) groups is 3. The van der Waals surface area contributed by atoms with Gasteiger partial charge in [-0.05, 0) is 26.8 Å². The van der Waals surface area contributed by atoms with Crippen molar-refractivity contribution in [3.63, 3.8) is 0 Å². The van der Waals surface area contributed by atoms with Gasteiger partial charge in [0.05, 0.1) is 31.2 Å². The van der Waals surface area contributed by atoms with E-state index in [9.17, 15) is 24.6 Å². The van der Waals surface area contributed by atoms with Crippen molar-refractivity contribution in [3.05, 3.63) is 10.6 Å². The SMILES string of the molecule is CCOC(=O)CN1CCC(SC2=C(C(=O)O)N3C(=O)C(C(C)O)[C@H]3C2C)C1. The van der Waals surface area contributed by atoms with Crippen molar-refractivity contribution in [1.82, 2.24) is 9.80 Å². The van der Waals surface area contributed by atoms with Crippen LogP contribution in [0.1, 0.15) is 27.2 Å². The van der Waals surface area contributed by atoms with Gasteiger partial charge in [0, 0.05) is 22.6 Å². The number of β-lactam (4-membered cyclic amide) rings is 1. The second kappa shape index (κ2) is 7.81. The molecule has 150 valence electrons. The zero-order chi connectivity index (χ0) is 19.9. The number of nitrogens with zero attached hydrogens (tertiary/aromatic N) is 2. The Bertz CT molecular complexity index is 679. The maximum absolute atomic E-state index is 12.4. The van der Waals surface area contributed by atoms with Crippen LogP contribution in [0.2, 0.25) is 0 Å². The number of carboxylic acids is 1. The third-order valence-electron chi connectivity index (χ3n) is 5.49. The molecule has 2 fully saturated rings. The molecule has 1 amide bonds. The summed E-state index contributed by atoms with van der Waals surface area (Å²) in [5.41, 5.74) is 0.0586. The van der Waals surface area contributed by atoms with Crippen LogP contribution in [0.4, 0.5) is 0 Å². The normalized spacial score (nSPS) is 31.7. The predicted molar refractivity (Wildman–Crippen MR) is 98.7 cm³/mol. The van der Waals surface area contributed by atoms with Crippen LogP contribution in [0.5, 0.6) is 0 Å². The minimum atomic E-state index is -1.11. The van der Waals surface area contributed by atoms with Gasteiger partial charge in [0.15, 0.2) is 0 Å². The average molecular weight is 398 g/mol. The van der Waals surface area contributed by atoms with Crippen molar-refractivity contribution >= 4 is 29.6 Å². The van der Waals surface area contributed by atoms with E-state index in [1.165, 1.54) is 16.7 Å². The topological polar surface area (TPSA) is 107 Å². The number of hydrogen-bond acceptors (Lipinski definition) is 7. The smallest absolute Gasteiger partial charge is 0.353 e. The number of ether oxygens (including phenoxy) is 1. The van der Waals surface area contributed by atoms with Crippen LogP contribution in [0, 0.1) is 11.8 Å². The lowest BCUT2D eigenvalue weighted by atomic mass is 9.79. The Labute approximate surface area is 162 Å². The minimum Gasteiger partial charge on any atom is -0.477 e. The molecule has 2 N–H and O–H groups in total. The molecule has 3 heterocycles. The first-order valence-corrected chi connectivity index (χ1v) is 10.2. The molecule has 3 aliphatic heterocycles. The fraction of sp³-hybridized carbons (Fsp3) is 0.722. The highest BCUT2D eigenvalue weighted by Gasteiger charge is 2.60. The van der Waals surface area contributed by atoms with Crippen molar-refractivity contribution in [2.45, 2.75) is 44.6 Å². The molecule has 5 atom stereocenters. The molecule has 27 heavy (non-hydrogen) atoms. The van der Waals surface area contributed by atoms with Crippen LogP contribution in [0.15, 0.2) is 10.6 Å². The lowest BCUT2D eigenvalue weighted by Crippen LogP contribution is -2.63. The van der Waals surface area contributed by atoms with Gasteiger partial charge in [-0.3, -0.25) is 14.5 Å². The van der Waals surface area contributed by atoms with Gasteiger partial charge >= 0.3 is 11.9 Å². The first-order valence-electron chi connectivity index (χ1n) is 9.29. The van der Waals surface area contributed by atoms with E-state index < -0.39 is 18.0 Å². The van der Waals surface area contributed by atoms with E-state index in [4.69, 9.17) is 4.74 Å². The van der Waals surface area contributed by atoms with Gasteiger partial charge < -0.3 is 19.8 Å². The summed E-state index contributed by atoms with van der Waals surface area (Å²) in [4.78, 5) is 39.9. The molecule has 8 nitrogen and oxygen atoms in total. The zero-order valence-electron chi connectivity index (χ0n) is 15.8. The van der Waals surface area contributed by atoms with Crippen LogP contribution < -0.4 is 0 Å². The minimum absolute atomic E-state index is 0.0586. The quantitative estimate of drug-likeness (QED) is 0.472. The molecule has 0 saturated carbocycles. The fourth-order valence-electron chi connectivity index (χ4n) is 4.28. The lowest BCUT2D eigenvalue weighted by molar-refractivity contribution is -0.163. The van der Waals surface area contributed by atoms with E-state index in [2.05, 4.69) is 0 Å². The largest absolute Gasteiger partial charge is 0.477 e. The van der Waals surface area contributed by atoms with Crippen LogP contribution in [-0.2, 0) is 19.1 Å². The lowest BCUT2D eigenvalue weighted by Gasteiger charge is -2.46. The second-order valence-electron chi connectivity index (χ2n) is 7.34. The number of esters is 1. The molecule has 0 aromatic carbocycles. The Morgan fingerprint density at radius 3 is 2.70 bits per heavy atom. The summed E-state index contributed by atoms with van der Waals surface area (Å²) in [6, 6.07) is -0.289. The zero-order valence-corrected chi connectivity index (χ0v) is 16.6. The highest BCUT2D eigenvalue weighted by Crippen LogP contribution is 2.51. The number of thioether (sulfide) groups is 1. The van der Waals surface area contributed by atoms with Crippen molar-refractivity contribution in [1.29, 1.82) is 0 Å². The van der Waals surface area contributed by atoms with Crippen LogP contribution in [0.25, 0.3) is 0 Å². The maximum atomic E-state index is 12.4. The highest BCUT2D eigenvalue weighted by molar-refractivity contribution is 8.03. The highest BCUT2D eigenvalue weighted by atomic mass is 32.2. The number of rotatable bonds is 7. The monoisotopic (exact) mass is 398 g/mol. The van der Waals surface area contributed by atoms with E-state index in [-0.39, 0.29) is 41.3 Å². The van der Waals surface area contributed by atoms with Gasteiger partial charge in [-0.15, -0.1) is 11.8 Å². The van der Waals surface area contributed by atoms with Gasteiger partial charge in [-0.1, -0.05) is 6.92 Å². The molecule has 9 heteroatoms. The van der Waals surface area contributed by atoms with Gasteiger partial charge in [-0.25, -0.2) is 4.79 Å². The molecular weight excluding hydrogens is 372 g/mol. The van der Waals surface area contributed by atoms with E-state index in [0.717, 1.165) is 13.0 Å². The number of aliphatic carboxylic acids is 1. The molecule has 0 spiro atoms. The van der Waals surface area contributed by atoms with Gasteiger partial charge in [-0.2, -0.15) is 0 Å². The molecule has 0 aliphatic carbocycles. The molecule has 4 unspecified atom stereocenters. The van der Waals surface area contributed by atoms with E-state index >= 15 is 0 Å². The number of carbonyl (C=O) groups excluding carboxylic acids is 2. The first kappa shape index (κ1) is 20.2. The van der Waals surface area contributed by atoms with Gasteiger partial charge in [0.1, 0.15) is 5.70 Å². The molecule has 2 saturated heterocycles. The number of aliphatic hydroxyl groups is 1. The van der Waals surface area contributed by atoms with Crippen molar-refractivity contribution < 1.29 is 29.3 Å². The summed E-state index contributed by atoms with van der Waals surface area (Å²) in [5, 5.41) is 19.7. The summed E-state index contributed by atoms with van der Waals surface area (Å²) < 4.78 is 4.98. The molecular formula is C18H26N2O6S. The molecule has 0 bridgehead atoms. The van der Waals surface area contributed by atoms with Gasteiger partial charge in [0.2, 0.25) is 5.91 Å². The summed E-state index contributed by atoms with van der Waals surface area (Å²) in [7, 11) is 0. The standard InChI is InChI=1S/C18H26N2O6S/c1-4-26-12(22)8-19-6-5-11(7-19)27-16-9(2)14-13(10(3)21)17(23)20(14)15(16)18(24)25/h9-11,13-14,21H,4-8H2,1-3H3,(H,24,25)/t9?,10?,11?,13?,14-/m1/s1. The van der Waals surface area contributed by atoms with Crippen LogP contribution in [0.3, 0.4) is 0 Å². The van der Waals surface area contributed by atoms with Crippen molar-refractivity contribution in [2.75, 3.05) is 26.2 Å². The molecule has 3 rings (SSSR count). The van der Waals surface area contributed by atoms with Crippen LogP contribution in [-0.4, -0.2) is 81.5 Å². The van der Waals surface area contributed by atoms with Crippen molar-refractivity contribution in [2.24, 2.45) is 11.8 Å². The summed E-state index contributed by atoms with van der Waals surface area (Å²) in [6.07, 6.45) is 0.0400. The number of amides is 1. The summed E-state index contributed by atoms with van der Waals surface area (Å²) >= 11 is 1.50. The number of aliphatic hydroxyl groups excluding tert-OH is 1. The summed E-state index contributed by atoms with van der Waals surface area (Å²) in [6.45, 7) is 7.28. The van der Waals surface area contributed by atoms with Crippen molar-refractivity contribution in [3.8, 4) is 0 Å². The Morgan fingerprint density at radius 2 is 2.11 bits per heavy atom.